The van der Waals surface area contributed by atoms with Crippen LogP contribution in [-0.2, 0) is 5.41 Å². The molecule has 2 aromatic rings. The van der Waals surface area contributed by atoms with Gasteiger partial charge in [-0.25, -0.2) is 4.79 Å². The Balaban J connectivity index is 1.88. The van der Waals surface area contributed by atoms with Crippen LogP contribution in [0.3, 0.4) is 0 Å². The first-order chi connectivity index (χ1) is 14.0. The molecule has 0 aliphatic carbocycles. The number of rotatable bonds is 4. The number of carbonyl (C=O) groups is 2. The molecule has 1 aliphatic rings. The molecule has 1 saturated heterocycles. The van der Waals surface area contributed by atoms with E-state index in [1.807, 2.05) is 20.8 Å². The Labute approximate surface area is 178 Å². The Hall–Kier alpha value is -2.65. The molecule has 5 N–H and O–H groups in total. The Bertz CT molecular complexity index is 1010. The van der Waals surface area contributed by atoms with Crippen molar-refractivity contribution in [2.45, 2.75) is 38.0 Å². The van der Waals surface area contributed by atoms with E-state index in [1.54, 1.807) is 42.5 Å². The standard InChI is InChI=1S/C22H24N2O5S/c1-22(2,3)13-7-8-15(20(27)28)16(11-13)18(25)23-14-6-4-5-12(9-14)10-17-19(26)24-21(29)30-17/h4-11,19,21,24,26,29H,1-3H3,(H,23,25)(H,27,28)/b17-10-. The minimum Gasteiger partial charge on any atom is -0.478 e. The van der Waals surface area contributed by atoms with Gasteiger partial charge in [-0.15, -0.1) is 0 Å². The maximum absolute atomic E-state index is 12.9. The van der Waals surface area contributed by atoms with Gasteiger partial charge < -0.3 is 20.6 Å². The second kappa shape index (κ2) is 8.61. The van der Waals surface area contributed by atoms with E-state index in [1.165, 1.54) is 6.07 Å². The highest BCUT2D eigenvalue weighted by atomic mass is 32.2. The first kappa shape index (κ1) is 22.0. The van der Waals surface area contributed by atoms with Gasteiger partial charge in [0, 0.05) is 10.6 Å². The Kier molecular flexibility index (Phi) is 6.33. The van der Waals surface area contributed by atoms with E-state index in [-0.39, 0.29) is 16.5 Å². The molecule has 158 valence electrons. The zero-order valence-corrected chi connectivity index (χ0v) is 17.7. The summed E-state index contributed by atoms with van der Waals surface area (Å²) in [5.74, 6) is -1.69. The summed E-state index contributed by atoms with van der Waals surface area (Å²) in [6.45, 7) is 5.97. The maximum atomic E-state index is 12.9. The third kappa shape index (κ3) is 5.09. The average Bonchev–Trinajstić information content (AvgIpc) is 2.97. The summed E-state index contributed by atoms with van der Waals surface area (Å²) in [5, 5.41) is 34.2. The molecule has 30 heavy (non-hydrogen) atoms. The number of amides is 1. The van der Waals surface area contributed by atoms with Crippen molar-refractivity contribution in [3.05, 3.63) is 69.6 Å². The topological polar surface area (TPSA) is 119 Å². The molecular weight excluding hydrogens is 404 g/mol. The van der Waals surface area contributed by atoms with Crippen molar-refractivity contribution in [2.75, 3.05) is 5.32 Å². The molecule has 7 nitrogen and oxygen atoms in total. The average molecular weight is 429 g/mol. The Morgan fingerprint density at radius 3 is 2.43 bits per heavy atom. The molecule has 0 aromatic heterocycles. The molecule has 0 radical (unpaired) electrons. The molecule has 0 bridgehead atoms. The molecule has 3 rings (SSSR count). The fraction of sp³-hybridized carbons (Fsp3) is 0.273. The first-order valence-corrected chi connectivity index (χ1v) is 10.2. The van der Waals surface area contributed by atoms with Crippen molar-refractivity contribution in [1.29, 1.82) is 0 Å². The van der Waals surface area contributed by atoms with Gasteiger partial charge in [-0.2, -0.15) is 0 Å². The third-order valence-electron chi connectivity index (χ3n) is 4.63. The van der Waals surface area contributed by atoms with Crippen molar-refractivity contribution in [1.82, 2.24) is 5.32 Å². The molecule has 1 heterocycles. The molecule has 1 aliphatic heterocycles. The second-order valence-corrected chi connectivity index (χ2v) is 9.13. The number of hydrogen-bond donors (Lipinski definition) is 5. The summed E-state index contributed by atoms with van der Waals surface area (Å²) in [4.78, 5) is 25.0. The SMILES string of the molecule is CC(C)(C)c1ccc(C(=O)O)c(C(=O)Nc2cccc(/C=C3\SC(O)NC3O)c2)c1. The summed E-state index contributed by atoms with van der Waals surface area (Å²) in [5.41, 5.74) is 0.964. The molecule has 2 unspecified atom stereocenters. The van der Waals surface area contributed by atoms with Crippen LogP contribution in [0.25, 0.3) is 6.08 Å². The highest BCUT2D eigenvalue weighted by Crippen LogP contribution is 2.31. The fourth-order valence-electron chi connectivity index (χ4n) is 3.01. The number of hydrogen-bond acceptors (Lipinski definition) is 6. The minimum absolute atomic E-state index is 0.0655. The van der Waals surface area contributed by atoms with E-state index in [2.05, 4.69) is 10.6 Å². The van der Waals surface area contributed by atoms with Gasteiger partial charge in [0.1, 0.15) is 6.23 Å². The molecule has 0 saturated carbocycles. The smallest absolute Gasteiger partial charge is 0.336 e. The molecular formula is C22H24N2O5S. The lowest BCUT2D eigenvalue weighted by atomic mass is 9.85. The molecule has 2 atom stereocenters. The number of thioether (sulfide) groups is 1. The number of benzene rings is 2. The Morgan fingerprint density at radius 2 is 1.83 bits per heavy atom. The molecule has 0 spiro atoms. The minimum atomic E-state index is -1.17. The number of carboxylic acids is 1. The highest BCUT2D eigenvalue weighted by molar-refractivity contribution is 8.03. The van der Waals surface area contributed by atoms with Crippen LogP contribution in [0.4, 0.5) is 5.69 Å². The van der Waals surface area contributed by atoms with Crippen LogP contribution < -0.4 is 10.6 Å². The maximum Gasteiger partial charge on any atom is 0.336 e. The summed E-state index contributed by atoms with van der Waals surface area (Å²) in [6, 6.07) is 11.7. The van der Waals surface area contributed by atoms with Crippen molar-refractivity contribution in [3.8, 4) is 0 Å². The Morgan fingerprint density at radius 1 is 1.10 bits per heavy atom. The van der Waals surface area contributed by atoms with Gasteiger partial charge in [-0.05, 0) is 46.9 Å². The van der Waals surface area contributed by atoms with Crippen molar-refractivity contribution >= 4 is 35.4 Å². The quantitative estimate of drug-likeness (QED) is 0.507. The van der Waals surface area contributed by atoms with Gasteiger partial charge >= 0.3 is 5.97 Å². The fourth-order valence-corrected chi connectivity index (χ4v) is 3.87. The van der Waals surface area contributed by atoms with Crippen molar-refractivity contribution < 1.29 is 24.9 Å². The van der Waals surface area contributed by atoms with Crippen LogP contribution in [0, 0.1) is 0 Å². The zero-order valence-electron chi connectivity index (χ0n) is 16.8. The van der Waals surface area contributed by atoms with Crippen LogP contribution in [-0.4, -0.2) is 39.0 Å². The molecule has 2 aromatic carbocycles. The van der Waals surface area contributed by atoms with Crippen molar-refractivity contribution in [2.24, 2.45) is 0 Å². The van der Waals surface area contributed by atoms with Gasteiger partial charge in [0.2, 0.25) is 0 Å². The zero-order chi connectivity index (χ0) is 22.1. The van der Waals surface area contributed by atoms with Gasteiger partial charge in [-0.3, -0.25) is 10.1 Å². The van der Waals surface area contributed by atoms with Crippen LogP contribution in [0.1, 0.15) is 52.6 Å². The van der Waals surface area contributed by atoms with Crippen LogP contribution in [0.2, 0.25) is 0 Å². The van der Waals surface area contributed by atoms with E-state index < -0.39 is 23.7 Å². The summed E-state index contributed by atoms with van der Waals surface area (Å²) in [7, 11) is 0. The molecule has 8 heteroatoms. The van der Waals surface area contributed by atoms with Gasteiger partial charge in [-0.1, -0.05) is 50.7 Å². The number of nitrogens with one attached hydrogen (secondary N) is 2. The van der Waals surface area contributed by atoms with Crippen LogP contribution in [0.15, 0.2) is 47.4 Å². The van der Waals surface area contributed by atoms with E-state index in [0.29, 0.717) is 16.2 Å². The predicted octanol–water partition coefficient (Wildman–Crippen LogP) is 3.21. The lowest BCUT2D eigenvalue weighted by Crippen LogP contribution is -2.28. The number of aliphatic hydroxyl groups is 2. The largest absolute Gasteiger partial charge is 0.478 e. The monoisotopic (exact) mass is 428 g/mol. The second-order valence-electron chi connectivity index (χ2n) is 7.98. The number of aromatic carboxylic acids is 1. The number of anilines is 1. The van der Waals surface area contributed by atoms with E-state index in [0.717, 1.165) is 17.3 Å². The van der Waals surface area contributed by atoms with Gasteiger partial charge in [0.05, 0.1) is 11.1 Å². The van der Waals surface area contributed by atoms with Gasteiger partial charge in [0.15, 0.2) is 5.56 Å². The van der Waals surface area contributed by atoms with E-state index in [4.69, 9.17) is 0 Å². The summed E-state index contributed by atoms with van der Waals surface area (Å²) >= 11 is 1.10. The first-order valence-electron chi connectivity index (χ1n) is 9.34. The van der Waals surface area contributed by atoms with Crippen LogP contribution >= 0.6 is 11.8 Å². The van der Waals surface area contributed by atoms with Crippen LogP contribution in [0.5, 0.6) is 0 Å². The number of aliphatic hydroxyl groups excluding tert-OH is 2. The summed E-state index contributed by atoms with van der Waals surface area (Å²) < 4.78 is 0. The lowest BCUT2D eigenvalue weighted by molar-refractivity contribution is 0.0692. The highest BCUT2D eigenvalue weighted by Gasteiger charge is 2.26. The van der Waals surface area contributed by atoms with Crippen molar-refractivity contribution in [3.63, 3.8) is 0 Å². The van der Waals surface area contributed by atoms with E-state index in [9.17, 15) is 24.9 Å². The lowest BCUT2D eigenvalue weighted by Gasteiger charge is -2.20. The van der Waals surface area contributed by atoms with Gasteiger partial charge in [0.25, 0.3) is 5.91 Å². The predicted molar refractivity (Wildman–Crippen MR) is 117 cm³/mol. The normalized spacial score (nSPS) is 20.4. The summed E-state index contributed by atoms with van der Waals surface area (Å²) in [6.07, 6.45) is 0.749. The molecule has 1 fully saturated rings. The van der Waals surface area contributed by atoms with E-state index >= 15 is 0 Å². The number of carboxylic acid groups (broad SMARTS) is 1. The third-order valence-corrected chi connectivity index (χ3v) is 5.60. The number of carbonyl (C=O) groups excluding carboxylic acids is 1. The molecule has 1 amide bonds.